The molecule has 0 fully saturated rings. The molecule has 2 nitrogen and oxygen atoms in total. The van der Waals surface area contributed by atoms with Gasteiger partial charge in [0.25, 0.3) is 0 Å². The van der Waals surface area contributed by atoms with Crippen molar-refractivity contribution in [2.24, 2.45) is 0 Å². The summed E-state index contributed by atoms with van der Waals surface area (Å²) in [6, 6.07) is 6.63. The Morgan fingerprint density at radius 2 is 2.00 bits per heavy atom. The minimum absolute atomic E-state index is 0.169. The van der Waals surface area contributed by atoms with Crippen LogP contribution in [0.1, 0.15) is 33.3 Å². The summed E-state index contributed by atoms with van der Waals surface area (Å²) in [5.41, 5.74) is 1.39. The van der Waals surface area contributed by atoms with E-state index in [0.29, 0.717) is 6.04 Å². The molecule has 0 aliphatic carbocycles. The molecule has 2 N–H and O–H groups in total. The Balaban J connectivity index is 2.38. The molecule has 4 heteroatoms. The molecular formula is C14H22ClIN2. The van der Waals surface area contributed by atoms with Gasteiger partial charge in [-0.1, -0.05) is 17.7 Å². The first-order valence-corrected chi connectivity index (χ1v) is 7.66. The predicted molar refractivity (Wildman–Crippen MR) is 88.2 cm³/mol. The number of benzene rings is 1. The fraction of sp³-hybridized carbons (Fsp3) is 0.571. The zero-order valence-electron chi connectivity index (χ0n) is 11.5. The van der Waals surface area contributed by atoms with Gasteiger partial charge in [0.15, 0.2) is 0 Å². The zero-order valence-corrected chi connectivity index (χ0v) is 14.4. The molecule has 18 heavy (non-hydrogen) atoms. The van der Waals surface area contributed by atoms with Crippen LogP contribution in [0, 0.1) is 3.57 Å². The Bertz CT molecular complexity index is 388. The average molecular weight is 381 g/mol. The molecule has 0 aliphatic heterocycles. The molecule has 1 aromatic rings. The van der Waals surface area contributed by atoms with E-state index in [0.717, 1.165) is 21.7 Å². The molecule has 1 aromatic carbocycles. The van der Waals surface area contributed by atoms with Crippen molar-refractivity contribution >= 4 is 34.2 Å². The van der Waals surface area contributed by atoms with Crippen molar-refractivity contribution in [3.63, 3.8) is 0 Å². The van der Waals surface area contributed by atoms with Gasteiger partial charge in [-0.05, 0) is 68.0 Å². The highest BCUT2D eigenvalue weighted by Gasteiger charge is 2.10. The van der Waals surface area contributed by atoms with Gasteiger partial charge in [-0.25, -0.2) is 0 Å². The van der Waals surface area contributed by atoms with E-state index in [-0.39, 0.29) is 5.54 Å². The summed E-state index contributed by atoms with van der Waals surface area (Å²) in [5, 5.41) is 7.81. The third-order valence-electron chi connectivity index (χ3n) is 2.58. The Labute approximate surface area is 129 Å². The predicted octanol–water partition coefficient (Wildman–Crippen LogP) is 3.81. The first-order chi connectivity index (χ1) is 8.28. The lowest BCUT2D eigenvalue weighted by Crippen LogP contribution is -2.44. The fourth-order valence-corrected chi connectivity index (χ4v) is 2.01. The standard InChI is InChI=1S/C14H22ClIN2/c1-10(8-18-14(2,3)4)17-9-11-5-6-13(16)12(15)7-11/h5-7,10,17-18H,8-9H2,1-4H3. The molecule has 1 atom stereocenters. The van der Waals surface area contributed by atoms with Crippen molar-refractivity contribution < 1.29 is 0 Å². The molecule has 0 radical (unpaired) electrons. The molecule has 0 saturated carbocycles. The SMILES string of the molecule is CC(CNC(C)(C)C)NCc1ccc(I)c(Cl)c1. The van der Waals surface area contributed by atoms with Gasteiger partial charge in [0, 0.05) is 28.2 Å². The Hall–Kier alpha value is 0.160. The van der Waals surface area contributed by atoms with Gasteiger partial charge < -0.3 is 10.6 Å². The minimum Gasteiger partial charge on any atom is -0.311 e. The monoisotopic (exact) mass is 380 g/mol. The van der Waals surface area contributed by atoms with Gasteiger partial charge in [-0.3, -0.25) is 0 Å². The van der Waals surface area contributed by atoms with Gasteiger partial charge in [0.1, 0.15) is 0 Å². The Morgan fingerprint density at radius 1 is 1.33 bits per heavy atom. The van der Waals surface area contributed by atoms with Crippen LogP contribution in [-0.2, 0) is 6.54 Å². The van der Waals surface area contributed by atoms with Gasteiger partial charge in [0.2, 0.25) is 0 Å². The molecule has 0 heterocycles. The van der Waals surface area contributed by atoms with Crippen LogP contribution < -0.4 is 10.6 Å². The summed E-state index contributed by atoms with van der Waals surface area (Å²) in [6.07, 6.45) is 0. The maximum absolute atomic E-state index is 6.10. The number of hydrogen-bond acceptors (Lipinski definition) is 2. The van der Waals surface area contributed by atoms with Crippen molar-refractivity contribution in [1.29, 1.82) is 0 Å². The van der Waals surface area contributed by atoms with E-state index < -0.39 is 0 Å². The van der Waals surface area contributed by atoms with Crippen LogP contribution in [0.25, 0.3) is 0 Å². The molecule has 0 saturated heterocycles. The molecule has 1 unspecified atom stereocenters. The summed E-state index contributed by atoms with van der Waals surface area (Å²) in [4.78, 5) is 0. The van der Waals surface area contributed by atoms with E-state index in [4.69, 9.17) is 11.6 Å². The number of halogens is 2. The van der Waals surface area contributed by atoms with E-state index in [1.54, 1.807) is 0 Å². The summed E-state index contributed by atoms with van der Waals surface area (Å²) >= 11 is 8.35. The summed E-state index contributed by atoms with van der Waals surface area (Å²) in [6.45, 7) is 10.5. The van der Waals surface area contributed by atoms with Crippen molar-refractivity contribution in [2.45, 2.75) is 45.8 Å². The molecule has 0 aromatic heterocycles. The van der Waals surface area contributed by atoms with Gasteiger partial charge >= 0.3 is 0 Å². The lowest BCUT2D eigenvalue weighted by atomic mass is 10.1. The second-order valence-corrected chi connectivity index (χ2v) is 7.23. The summed E-state index contributed by atoms with van der Waals surface area (Å²) in [7, 11) is 0. The minimum atomic E-state index is 0.169. The maximum Gasteiger partial charge on any atom is 0.0542 e. The van der Waals surface area contributed by atoms with E-state index in [1.165, 1.54) is 5.56 Å². The van der Waals surface area contributed by atoms with E-state index in [2.05, 4.69) is 73.1 Å². The highest BCUT2D eigenvalue weighted by atomic mass is 127. The highest BCUT2D eigenvalue weighted by Crippen LogP contribution is 2.19. The summed E-state index contributed by atoms with van der Waals surface area (Å²) < 4.78 is 1.10. The Kier molecular flexibility index (Phi) is 6.38. The van der Waals surface area contributed by atoms with Crippen LogP contribution in [-0.4, -0.2) is 18.1 Å². The lowest BCUT2D eigenvalue weighted by Gasteiger charge is -2.24. The number of rotatable bonds is 5. The summed E-state index contributed by atoms with van der Waals surface area (Å²) in [5.74, 6) is 0. The van der Waals surface area contributed by atoms with E-state index >= 15 is 0 Å². The third-order valence-corrected chi connectivity index (χ3v) is 4.15. The molecule has 1 rings (SSSR count). The molecule has 102 valence electrons. The van der Waals surface area contributed by atoms with Crippen LogP contribution in [0.15, 0.2) is 18.2 Å². The molecule has 0 bridgehead atoms. The number of nitrogens with one attached hydrogen (secondary N) is 2. The fourth-order valence-electron chi connectivity index (χ4n) is 1.47. The molecule has 0 spiro atoms. The van der Waals surface area contributed by atoms with Crippen LogP contribution in [0.4, 0.5) is 0 Å². The van der Waals surface area contributed by atoms with Gasteiger partial charge in [-0.15, -0.1) is 0 Å². The van der Waals surface area contributed by atoms with Crippen LogP contribution in [0.2, 0.25) is 5.02 Å². The third kappa shape index (κ3) is 6.36. The van der Waals surface area contributed by atoms with E-state index in [1.807, 2.05) is 6.07 Å². The van der Waals surface area contributed by atoms with Crippen LogP contribution in [0.3, 0.4) is 0 Å². The smallest absolute Gasteiger partial charge is 0.0542 e. The molecule has 0 amide bonds. The van der Waals surface area contributed by atoms with Crippen molar-refractivity contribution in [2.75, 3.05) is 6.54 Å². The van der Waals surface area contributed by atoms with Gasteiger partial charge in [-0.2, -0.15) is 0 Å². The second-order valence-electron chi connectivity index (χ2n) is 5.66. The van der Waals surface area contributed by atoms with Crippen LogP contribution in [0.5, 0.6) is 0 Å². The highest BCUT2D eigenvalue weighted by molar-refractivity contribution is 14.1. The molecule has 0 aliphatic rings. The number of hydrogen-bond donors (Lipinski definition) is 2. The maximum atomic E-state index is 6.10. The van der Waals surface area contributed by atoms with Crippen molar-refractivity contribution in [3.8, 4) is 0 Å². The first-order valence-electron chi connectivity index (χ1n) is 6.20. The second kappa shape index (κ2) is 7.08. The normalized spacial score (nSPS) is 13.7. The van der Waals surface area contributed by atoms with Gasteiger partial charge in [0.05, 0.1) is 5.02 Å². The van der Waals surface area contributed by atoms with Crippen LogP contribution >= 0.6 is 34.2 Å². The Morgan fingerprint density at radius 3 is 2.56 bits per heavy atom. The molecular weight excluding hydrogens is 359 g/mol. The average Bonchev–Trinajstić information content (AvgIpc) is 2.27. The van der Waals surface area contributed by atoms with E-state index in [9.17, 15) is 0 Å². The first kappa shape index (κ1) is 16.2. The zero-order chi connectivity index (χ0) is 13.8. The largest absolute Gasteiger partial charge is 0.311 e. The van der Waals surface area contributed by atoms with Crippen molar-refractivity contribution in [3.05, 3.63) is 32.4 Å². The van der Waals surface area contributed by atoms with Crippen molar-refractivity contribution in [1.82, 2.24) is 10.6 Å². The topological polar surface area (TPSA) is 24.1 Å². The quantitative estimate of drug-likeness (QED) is 0.759. The lowest BCUT2D eigenvalue weighted by molar-refractivity contribution is 0.387.